The predicted octanol–water partition coefficient (Wildman–Crippen LogP) is 6.55. The topological polar surface area (TPSA) is 121 Å². The second-order valence-corrected chi connectivity index (χ2v) is 15.5. The molecule has 3 aromatic rings. The highest BCUT2D eigenvalue weighted by molar-refractivity contribution is 7.84. The van der Waals surface area contributed by atoms with Crippen molar-refractivity contribution in [3.05, 3.63) is 101 Å². The monoisotopic (exact) mass is 674 g/mol. The molecule has 9 nitrogen and oxygen atoms in total. The number of rotatable bonds is 12. The number of methoxy groups -OCH3 is 1. The van der Waals surface area contributed by atoms with E-state index in [1.165, 1.54) is 18.1 Å². The molecule has 2 aliphatic rings. The van der Waals surface area contributed by atoms with Crippen LogP contribution in [0.15, 0.2) is 72.8 Å². The van der Waals surface area contributed by atoms with Crippen molar-refractivity contribution in [1.29, 1.82) is 5.26 Å². The summed E-state index contributed by atoms with van der Waals surface area (Å²) in [4.78, 5) is 28.3. The highest BCUT2D eigenvalue weighted by Gasteiger charge is 2.43. The van der Waals surface area contributed by atoms with Gasteiger partial charge in [-0.1, -0.05) is 61.4 Å². The maximum Gasteiger partial charge on any atom is 0.410 e. The second kappa shape index (κ2) is 15.0. The lowest BCUT2D eigenvalue weighted by atomic mass is 9.79. The van der Waals surface area contributed by atoms with Crippen LogP contribution in [-0.4, -0.2) is 51.7 Å². The molecule has 0 bridgehead atoms. The smallest absolute Gasteiger partial charge is 0.410 e. The van der Waals surface area contributed by atoms with E-state index in [1.54, 1.807) is 30.3 Å². The number of ether oxygens (including phenoxy) is 2. The third kappa shape index (κ3) is 8.29. The molecule has 1 unspecified atom stereocenters. The molecule has 3 aromatic carbocycles. The zero-order valence-corrected chi connectivity index (χ0v) is 28.6. The number of halogens is 1. The number of hydrogen-bond donors (Lipinski definition) is 2. The van der Waals surface area contributed by atoms with Gasteiger partial charge in [-0.15, -0.1) is 0 Å². The number of amides is 2. The van der Waals surface area contributed by atoms with Crippen LogP contribution in [0, 0.1) is 23.1 Å². The third-order valence-corrected chi connectivity index (χ3v) is 10.6. The molecule has 0 radical (unpaired) electrons. The van der Waals surface area contributed by atoms with Crippen LogP contribution in [0.25, 0.3) is 0 Å². The average Bonchev–Trinajstić information content (AvgIpc) is 3.81. The van der Waals surface area contributed by atoms with Gasteiger partial charge in [-0.05, 0) is 80.5 Å². The van der Waals surface area contributed by atoms with E-state index in [9.17, 15) is 19.1 Å². The first-order valence-corrected chi connectivity index (χ1v) is 17.4. The number of hydrogen-bond acceptors (Lipinski definition) is 6. The molecule has 48 heavy (non-hydrogen) atoms. The summed E-state index contributed by atoms with van der Waals surface area (Å²) < 4.78 is 43.1. The average molecular weight is 675 g/mol. The molecule has 1 saturated carbocycles. The van der Waals surface area contributed by atoms with Crippen LogP contribution in [0.5, 0.6) is 0 Å². The zero-order valence-electron chi connectivity index (χ0n) is 27.8. The van der Waals surface area contributed by atoms with Crippen LogP contribution >= 0.6 is 0 Å². The van der Waals surface area contributed by atoms with Crippen molar-refractivity contribution in [2.75, 3.05) is 19.0 Å². The van der Waals surface area contributed by atoms with Gasteiger partial charge in [-0.3, -0.25) is 9.69 Å². The fourth-order valence-electron chi connectivity index (χ4n) is 5.94. The molecule has 1 aliphatic heterocycles. The Bertz CT molecular complexity index is 1690. The molecule has 254 valence electrons. The van der Waals surface area contributed by atoms with E-state index < -0.39 is 51.2 Å². The number of nitriles is 1. The molecule has 2 amide bonds. The summed E-state index contributed by atoms with van der Waals surface area (Å²) in [5.74, 6) is -0.717. The fourth-order valence-corrected chi connectivity index (χ4v) is 6.90. The van der Waals surface area contributed by atoms with Crippen molar-refractivity contribution >= 4 is 28.7 Å². The fraction of sp³-hybridized carbons (Fsp3) is 0.432. The maximum atomic E-state index is 15.5. The lowest BCUT2D eigenvalue weighted by Gasteiger charge is -2.38. The molecule has 11 heteroatoms. The van der Waals surface area contributed by atoms with E-state index in [0.29, 0.717) is 23.5 Å². The number of anilines is 1. The molecule has 4 atom stereocenters. The Hall–Kier alpha value is -4.11. The standard InChI is InChI=1S/C37H43FN4O5S/c1-36(2,3)48(45)41-37(18-17-25-13-14-25,28-12-8-11-27(19-28)22-39)29-15-16-31(38)32(20-29)40-34(43)33-21-30(46-4)23-42(33)35(44)47-24-26-9-6-5-7-10-26/h5-12,15-16,19-20,25,30,33,41H,13-14,17-18,21,23-24H2,1-4H3,(H,40,43)/t30-,33-,37?,48-/m1/s1. The van der Waals surface area contributed by atoms with Crippen molar-refractivity contribution < 1.29 is 27.7 Å². The maximum absolute atomic E-state index is 15.5. The van der Waals surface area contributed by atoms with Gasteiger partial charge in [0.1, 0.15) is 18.5 Å². The molecule has 5 rings (SSSR count). The first kappa shape index (κ1) is 35.2. The van der Waals surface area contributed by atoms with Crippen LogP contribution in [0.3, 0.4) is 0 Å². The Labute approximate surface area is 284 Å². The number of carbonyl (C=O) groups excluding carboxylic acids is 2. The third-order valence-electron chi connectivity index (χ3n) is 8.99. The van der Waals surface area contributed by atoms with Crippen LogP contribution in [-0.2, 0) is 37.4 Å². The number of nitrogens with one attached hydrogen (secondary N) is 2. The van der Waals surface area contributed by atoms with Crippen LogP contribution in [0.2, 0.25) is 0 Å². The SMILES string of the molecule is CO[C@@H]1C[C@H](C(=O)Nc2cc(C(CCC3CC3)(N[S@](=O)C(C)(C)C)c3cccc(C#N)c3)ccc2F)N(C(=O)OCc2ccccc2)C1. The highest BCUT2D eigenvalue weighted by atomic mass is 32.2. The molecule has 1 heterocycles. The van der Waals surface area contributed by atoms with Crippen molar-refractivity contribution in [2.45, 2.75) is 81.9 Å². The molecule has 0 aromatic heterocycles. The summed E-state index contributed by atoms with van der Waals surface area (Å²) in [7, 11) is -0.0399. The molecular weight excluding hydrogens is 631 g/mol. The quantitative estimate of drug-likeness (QED) is 0.225. The largest absolute Gasteiger partial charge is 0.445 e. The van der Waals surface area contributed by atoms with E-state index in [4.69, 9.17) is 9.47 Å². The van der Waals surface area contributed by atoms with Gasteiger partial charge >= 0.3 is 6.09 Å². The summed E-state index contributed by atoms with van der Waals surface area (Å²) in [6, 6.07) is 22.1. The van der Waals surface area contributed by atoms with Gasteiger partial charge in [-0.25, -0.2) is 18.1 Å². The van der Waals surface area contributed by atoms with Crippen LogP contribution in [0.4, 0.5) is 14.9 Å². The minimum absolute atomic E-state index is 0.0394. The van der Waals surface area contributed by atoms with E-state index in [1.807, 2.05) is 57.2 Å². The lowest BCUT2D eigenvalue weighted by Crippen LogP contribution is -2.49. The molecule has 1 saturated heterocycles. The number of likely N-dealkylation sites (tertiary alicyclic amines) is 1. The predicted molar refractivity (Wildman–Crippen MR) is 182 cm³/mol. The molecular formula is C37H43FN4O5S. The molecule has 2 fully saturated rings. The first-order chi connectivity index (χ1) is 22.9. The van der Waals surface area contributed by atoms with Crippen LogP contribution < -0.4 is 10.0 Å². The Kier molecular flexibility index (Phi) is 11.0. The minimum atomic E-state index is -1.55. The molecule has 1 aliphatic carbocycles. The summed E-state index contributed by atoms with van der Waals surface area (Å²) in [6.45, 7) is 5.80. The second-order valence-electron chi connectivity index (χ2n) is 13.5. The Morgan fingerprint density at radius 2 is 1.77 bits per heavy atom. The van der Waals surface area contributed by atoms with Gasteiger partial charge < -0.3 is 14.8 Å². The van der Waals surface area contributed by atoms with Crippen molar-refractivity contribution in [3.63, 3.8) is 0 Å². The lowest BCUT2D eigenvalue weighted by molar-refractivity contribution is -0.120. The minimum Gasteiger partial charge on any atom is -0.445 e. The normalized spacial score (nSPS) is 19.6. The number of benzene rings is 3. The van der Waals surface area contributed by atoms with Crippen molar-refractivity contribution in [2.24, 2.45) is 5.92 Å². The Morgan fingerprint density at radius 1 is 1.04 bits per heavy atom. The first-order valence-electron chi connectivity index (χ1n) is 16.2. The molecule has 2 N–H and O–H groups in total. The van der Waals surface area contributed by atoms with E-state index in [2.05, 4.69) is 16.1 Å². The summed E-state index contributed by atoms with van der Waals surface area (Å²) >= 11 is 0. The van der Waals surface area contributed by atoms with Crippen LogP contribution in [0.1, 0.15) is 75.1 Å². The number of nitrogens with zero attached hydrogens (tertiary/aromatic N) is 2. The van der Waals surface area contributed by atoms with Gasteiger partial charge in [0.05, 0.1) is 51.2 Å². The zero-order chi connectivity index (χ0) is 34.5. The van der Waals surface area contributed by atoms with Crippen molar-refractivity contribution in [3.8, 4) is 6.07 Å². The van der Waals surface area contributed by atoms with E-state index in [0.717, 1.165) is 30.4 Å². The van der Waals surface area contributed by atoms with Gasteiger partial charge in [0.15, 0.2) is 0 Å². The summed E-state index contributed by atoms with van der Waals surface area (Å²) in [5, 5.41) is 12.5. The Balaban J connectivity index is 1.47. The summed E-state index contributed by atoms with van der Waals surface area (Å²) in [6.07, 6.45) is 2.71. The van der Waals surface area contributed by atoms with E-state index >= 15 is 4.39 Å². The summed E-state index contributed by atoms with van der Waals surface area (Å²) in [5.41, 5.74) is 1.41. The highest BCUT2D eigenvalue weighted by Crippen LogP contribution is 2.43. The van der Waals surface area contributed by atoms with Gasteiger partial charge in [0, 0.05) is 13.5 Å². The van der Waals surface area contributed by atoms with Gasteiger partial charge in [0.2, 0.25) is 5.91 Å². The van der Waals surface area contributed by atoms with E-state index in [-0.39, 0.29) is 25.3 Å². The number of carbonyl (C=O) groups is 2. The molecule has 0 spiro atoms. The van der Waals surface area contributed by atoms with Crippen molar-refractivity contribution in [1.82, 2.24) is 9.62 Å². The van der Waals surface area contributed by atoms with Gasteiger partial charge in [-0.2, -0.15) is 5.26 Å². The Morgan fingerprint density at radius 3 is 2.44 bits per heavy atom. The van der Waals surface area contributed by atoms with Gasteiger partial charge in [0.25, 0.3) is 0 Å².